The molecule has 2 N–H and O–H groups in total. The zero-order valence-electron chi connectivity index (χ0n) is 15.9. The van der Waals surface area contributed by atoms with Gasteiger partial charge < -0.3 is 5.32 Å². The van der Waals surface area contributed by atoms with Gasteiger partial charge in [-0.15, -0.1) is 11.3 Å². The summed E-state index contributed by atoms with van der Waals surface area (Å²) in [6.45, 7) is 1.22. The number of nitrogens with one attached hydrogen (secondary N) is 2. The third kappa shape index (κ3) is 4.37. The summed E-state index contributed by atoms with van der Waals surface area (Å²) < 4.78 is 13.7. The molecule has 0 bridgehead atoms. The molecule has 4 aromatic rings. The summed E-state index contributed by atoms with van der Waals surface area (Å²) >= 11 is 2.66. The number of anilines is 2. The van der Waals surface area contributed by atoms with E-state index in [2.05, 4.69) is 20.6 Å². The van der Waals surface area contributed by atoms with Crippen molar-refractivity contribution in [1.29, 1.82) is 0 Å². The molecule has 0 saturated carbocycles. The van der Waals surface area contributed by atoms with Crippen molar-refractivity contribution in [2.24, 2.45) is 0 Å². The van der Waals surface area contributed by atoms with Crippen molar-refractivity contribution in [3.63, 3.8) is 0 Å². The van der Waals surface area contributed by atoms with Crippen LogP contribution < -0.4 is 10.6 Å². The van der Waals surface area contributed by atoms with Crippen molar-refractivity contribution in [2.75, 3.05) is 10.6 Å². The molecule has 6 nitrogen and oxygen atoms in total. The molecule has 1 atom stereocenters. The Balaban J connectivity index is 1.47. The fraction of sp³-hybridized carbons (Fsp3) is 0.143. The van der Waals surface area contributed by atoms with E-state index in [0.717, 1.165) is 15.8 Å². The number of rotatable bonds is 6. The molecule has 30 heavy (non-hydrogen) atoms. The number of carbonyl (C=O) groups is 2. The van der Waals surface area contributed by atoms with E-state index in [1.807, 2.05) is 12.1 Å². The number of thiazole rings is 2. The molecule has 0 aliphatic carbocycles. The predicted molar refractivity (Wildman–Crippen MR) is 118 cm³/mol. The second kappa shape index (κ2) is 8.68. The first kappa shape index (κ1) is 20.1. The van der Waals surface area contributed by atoms with Gasteiger partial charge in [0.15, 0.2) is 5.13 Å². The van der Waals surface area contributed by atoms with Crippen molar-refractivity contribution >= 4 is 55.5 Å². The smallest absolute Gasteiger partial charge is 0.276 e. The number of benzene rings is 2. The van der Waals surface area contributed by atoms with E-state index < -0.39 is 12.6 Å². The Morgan fingerprint density at radius 1 is 1.17 bits per heavy atom. The number of hydrogen-bond acceptors (Lipinski definition) is 6. The van der Waals surface area contributed by atoms with Gasteiger partial charge in [0.1, 0.15) is 12.4 Å². The number of nitrogens with zero attached hydrogens (tertiary/aromatic N) is 2. The molecular weight excluding hydrogens is 423 g/mol. The summed E-state index contributed by atoms with van der Waals surface area (Å²) in [6, 6.07) is 12.3. The first-order valence-electron chi connectivity index (χ1n) is 9.09. The Bertz CT molecular complexity index is 1210. The lowest BCUT2D eigenvalue weighted by Gasteiger charge is -2.13. The van der Waals surface area contributed by atoms with Crippen LogP contribution in [0, 0.1) is 0 Å². The average Bonchev–Trinajstić information content (AvgIpc) is 3.42. The molecule has 0 fully saturated rings. The minimum atomic E-state index is -0.564. The van der Waals surface area contributed by atoms with Crippen LogP contribution >= 0.6 is 22.7 Å². The lowest BCUT2D eigenvalue weighted by molar-refractivity contribution is -0.117. The molecule has 152 valence electrons. The second-order valence-corrected chi connectivity index (χ2v) is 8.37. The highest BCUT2D eigenvalue weighted by molar-refractivity contribution is 7.22. The van der Waals surface area contributed by atoms with Gasteiger partial charge in [-0.1, -0.05) is 35.6 Å². The number of hydrogen-bond donors (Lipinski definition) is 2. The highest BCUT2D eigenvalue weighted by atomic mass is 32.1. The number of carbonyl (C=O) groups excluding carboxylic acids is 2. The lowest BCUT2D eigenvalue weighted by Crippen LogP contribution is -2.18. The molecule has 0 spiro atoms. The zero-order chi connectivity index (χ0) is 21.1. The van der Waals surface area contributed by atoms with E-state index in [1.165, 1.54) is 22.7 Å². The average molecular weight is 441 g/mol. The summed E-state index contributed by atoms with van der Waals surface area (Å²) in [5.41, 5.74) is 4.59. The first-order valence-corrected chi connectivity index (χ1v) is 10.8. The topological polar surface area (TPSA) is 84.0 Å². The van der Waals surface area contributed by atoms with Crippen molar-refractivity contribution in [3.8, 4) is 0 Å². The molecule has 9 heteroatoms. The van der Waals surface area contributed by atoms with Crippen LogP contribution in [0.2, 0.25) is 0 Å². The second-order valence-electron chi connectivity index (χ2n) is 6.62. The molecule has 4 rings (SSSR count). The molecule has 2 amide bonds. The van der Waals surface area contributed by atoms with E-state index >= 15 is 0 Å². The van der Waals surface area contributed by atoms with Crippen molar-refractivity contribution < 1.29 is 14.0 Å². The number of halogens is 1. The quantitative estimate of drug-likeness (QED) is 0.431. The molecule has 0 aliphatic heterocycles. The number of alkyl halides is 1. The maximum absolute atomic E-state index is 12.9. The highest BCUT2D eigenvalue weighted by Gasteiger charge is 2.17. The Hall–Kier alpha value is -3.17. The summed E-state index contributed by atoms with van der Waals surface area (Å²) in [7, 11) is 0. The van der Waals surface area contributed by atoms with Crippen LogP contribution in [-0.2, 0) is 11.5 Å². The Labute approximate surface area is 179 Å². The lowest BCUT2D eigenvalue weighted by atomic mass is 9.98. The first-order chi connectivity index (χ1) is 14.5. The molecule has 2 aromatic carbocycles. The van der Waals surface area contributed by atoms with E-state index in [0.29, 0.717) is 22.1 Å². The van der Waals surface area contributed by atoms with Gasteiger partial charge in [0, 0.05) is 11.1 Å². The normalized spacial score (nSPS) is 11.9. The molecule has 1 unspecified atom stereocenters. The van der Waals surface area contributed by atoms with E-state index in [9.17, 15) is 14.0 Å². The van der Waals surface area contributed by atoms with Gasteiger partial charge >= 0.3 is 0 Å². The van der Waals surface area contributed by atoms with Crippen molar-refractivity contribution in [2.45, 2.75) is 19.5 Å². The maximum atomic E-state index is 12.9. The monoisotopic (exact) mass is 440 g/mol. The predicted octanol–water partition coefficient (Wildman–Crippen LogP) is 5.22. The van der Waals surface area contributed by atoms with Gasteiger partial charge in [-0.2, -0.15) is 0 Å². The van der Waals surface area contributed by atoms with Gasteiger partial charge in [0.2, 0.25) is 5.91 Å². The molecule has 2 heterocycles. The number of fused-ring (bicyclic) bond motifs is 1. The number of amides is 2. The third-order valence-electron chi connectivity index (χ3n) is 4.54. The van der Waals surface area contributed by atoms with Crippen molar-refractivity contribution in [3.05, 3.63) is 70.2 Å². The van der Waals surface area contributed by atoms with Gasteiger partial charge in [0.25, 0.3) is 5.91 Å². The standard InChI is InChI=1S/C21H17FN4O2S2/c1-12(14-4-2-3-13(7-14)9-22)19(27)24-15-5-6-16-18(8-15)30-21(25-16)26-20(28)17-10-29-11-23-17/h2-8,10-12H,9H2,1H3,(H,24,27)(H,25,26,28). The van der Waals surface area contributed by atoms with Gasteiger partial charge in [-0.3, -0.25) is 14.9 Å². The van der Waals surface area contributed by atoms with Crippen LogP contribution in [0.25, 0.3) is 10.2 Å². The molecule has 0 saturated heterocycles. The van der Waals surface area contributed by atoms with Crippen LogP contribution in [0.1, 0.15) is 34.5 Å². The molecule has 0 radical (unpaired) electrons. The van der Waals surface area contributed by atoms with E-state index in [-0.39, 0.29) is 11.8 Å². The fourth-order valence-electron chi connectivity index (χ4n) is 2.89. The molecule has 2 aromatic heterocycles. The van der Waals surface area contributed by atoms with Crippen LogP contribution in [0.3, 0.4) is 0 Å². The van der Waals surface area contributed by atoms with Crippen LogP contribution in [-0.4, -0.2) is 21.8 Å². The summed E-state index contributed by atoms with van der Waals surface area (Å²) in [5, 5.41) is 7.76. The van der Waals surface area contributed by atoms with Crippen LogP contribution in [0.15, 0.2) is 53.4 Å². The largest absolute Gasteiger partial charge is 0.326 e. The van der Waals surface area contributed by atoms with E-state index in [1.54, 1.807) is 48.1 Å². The molecular formula is C21H17FN4O2S2. The molecule has 0 aliphatic rings. The van der Waals surface area contributed by atoms with Gasteiger partial charge in [-0.05, 0) is 36.2 Å². The van der Waals surface area contributed by atoms with Crippen LogP contribution in [0.5, 0.6) is 0 Å². The zero-order valence-corrected chi connectivity index (χ0v) is 17.5. The minimum Gasteiger partial charge on any atom is -0.326 e. The Kier molecular flexibility index (Phi) is 5.82. The fourth-order valence-corrected chi connectivity index (χ4v) is 4.32. The Morgan fingerprint density at radius 3 is 2.80 bits per heavy atom. The Morgan fingerprint density at radius 2 is 2.03 bits per heavy atom. The highest BCUT2D eigenvalue weighted by Crippen LogP contribution is 2.29. The van der Waals surface area contributed by atoms with E-state index in [4.69, 9.17) is 0 Å². The SMILES string of the molecule is CC(C(=O)Nc1ccc2nc(NC(=O)c3cscn3)sc2c1)c1cccc(CF)c1. The third-order valence-corrected chi connectivity index (χ3v) is 6.06. The minimum absolute atomic E-state index is 0.188. The summed E-state index contributed by atoms with van der Waals surface area (Å²) in [4.78, 5) is 33.2. The summed E-state index contributed by atoms with van der Waals surface area (Å²) in [6.07, 6.45) is 0. The van der Waals surface area contributed by atoms with Crippen molar-refractivity contribution in [1.82, 2.24) is 9.97 Å². The maximum Gasteiger partial charge on any atom is 0.276 e. The van der Waals surface area contributed by atoms with Gasteiger partial charge in [0.05, 0.1) is 21.6 Å². The number of aromatic nitrogens is 2. The van der Waals surface area contributed by atoms with Crippen LogP contribution in [0.4, 0.5) is 15.2 Å². The summed E-state index contributed by atoms with van der Waals surface area (Å²) in [5.74, 6) is -0.929. The van der Waals surface area contributed by atoms with Gasteiger partial charge in [-0.25, -0.2) is 14.4 Å².